The lowest BCUT2D eigenvalue weighted by atomic mass is 9.84. The molecule has 1 fully saturated rings. The number of halogens is 1. The number of carbonyl (C=O) groups is 1. The third-order valence-electron chi connectivity index (χ3n) is 4.54. The number of hydrogen-bond acceptors (Lipinski definition) is 3. The number of hydrogen-bond donors (Lipinski definition) is 2. The van der Waals surface area contributed by atoms with Crippen molar-refractivity contribution in [3.63, 3.8) is 0 Å². The van der Waals surface area contributed by atoms with Crippen molar-refractivity contribution in [1.82, 2.24) is 10.6 Å². The van der Waals surface area contributed by atoms with E-state index in [2.05, 4.69) is 10.6 Å². The van der Waals surface area contributed by atoms with Gasteiger partial charge in [0.2, 0.25) is 12.2 Å². The molecule has 2 N–H and O–H groups in total. The van der Waals surface area contributed by atoms with E-state index < -0.39 is 11.4 Å². The van der Waals surface area contributed by atoms with E-state index in [0.29, 0.717) is 5.56 Å². The normalized spacial score (nSPS) is 19.2. The molecule has 2 aromatic rings. The highest BCUT2D eigenvalue weighted by atomic mass is 19.1. The Hall–Kier alpha value is -2.53. The minimum atomic E-state index is -1.35. The molecule has 1 radical (unpaired) electrons. The predicted octanol–water partition coefficient (Wildman–Crippen LogP) is 2.24. The van der Waals surface area contributed by atoms with Crippen molar-refractivity contribution >= 4 is 12.2 Å². The molecular formula is C20H20FN2O2. The number of rotatable bonds is 6. The van der Waals surface area contributed by atoms with E-state index in [1.807, 2.05) is 36.6 Å². The van der Waals surface area contributed by atoms with Gasteiger partial charge in [0.1, 0.15) is 11.4 Å². The van der Waals surface area contributed by atoms with Crippen molar-refractivity contribution in [3.8, 4) is 0 Å². The van der Waals surface area contributed by atoms with Gasteiger partial charge in [0.25, 0.3) is 0 Å². The lowest BCUT2D eigenvalue weighted by molar-refractivity contribution is -0.124. The summed E-state index contributed by atoms with van der Waals surface area (Å²) in [4.78, 5) is 24.6. The summed E-state index contributed by atoms with van der Waals surface area (Å²) in [5.41, 5.74) is 0.0464. The second kappa shape index (κ2) is 7.57. The molecule has 4 nitrogen and oxygen atoms in total. The zero-order valence-electron chi connectivity index (χ0n) is 13.8. The molecule has 0 aromatic heterocycles. The Bertz CT molecular complexity index is 727. The summed E-state index contributed by atoms with van der Waals surface area (Å²) >= 11 is 0. The van der Waals surface area contributed by atoms with Crippen LogP contribution in [0.5, 0.6) is 0 Å². The SMILES string of the molecule is O=[C][C@](Cc1ccccc1)(NC(=O)[C@@H]1CCCN1)c1ccc(F)cc1. The standard InChI is InChI=1S/C20H20FN2O2/c21-17-10-8-16(9-11-17)20(14-24,13-15-5-2-1-3-6-15)23-19(25)18-7-4-12-22-18/h1-3,5-6,8-11,18,22H,4,7,12-13H2,(H,23,25)/t18-,20-/m0/s1. The fourth-order valence-electron chi connectivity index (χ4n) is 3.18. The molecule has 25 heavy (non-hydrogen) atoms. The number of carbonyl (C=O) groups excluding carboxylic acids is 2. The second-order valence-corrected chi connectivity index (χ2v) is 6.31. The van der Waals surface area contributed by atoms with Crippen LogP contribution in [0.4, 0.5) is 4.39 Å². The molecule has 2 aromatic carbocycles. The maximum Gasteiger partial charge on any atom is 0.238 e. The Morgan fingerprint density at radius 2 is 1.92 bits per heavy atom. The minimum absolute atomic E-state index is 0.235. The van der Waals surface area contributed by atoms with Gasteiger partial charge < -0.3 is 10.6 Å². The molecule has 0 saturated carbocycles. The Kier molecular flexibility index (Phi) is 5.24. The van der Waals surface area contributed by atoms with E-state index in [1.165, 1.54) is 24.3 Å². The van der Waals surface area contributed by atoms with Crippen LogP contribution in [0, 0.1) is 5.82 Å². The first kappa shape index (κ1) is 17.3. The molecule has 1 saturated heterocycles. The van der Waals surface area contributed by atoms with Crippen molar-refractivity contribution in [1.29, 1.82) is 0 Å². The zero-order valence-corrected chi connectivity index (χ0v) is 13.8. The van der Waals surface area contributed by atoms with Crippen LogP contribution in [0.15, 0.2) is 54.6 Å². The quantitative estimate of drug-likeness (QED) is 0.849. The molecule has 2 atom stereocenters. The summed E-state index contributed by atoms with van der Waals surface area (Å²) in [6.45, 7) is 0.783. The molecular weight excluding hydrogens is 319 g/mol. The minimum Gasteiger partial charge on any atom is -0.338 e. The van der Waals surface area contributed by atoms with Crippen LogP contribution in [0.25, 0.3) is 0 Å². The van der Waals surface area contributed by atoms with Crippen molar-refractivity contribution < 1.29 is 14.0 Å². The fraction of sp³-hybridized carbons (Fsp3) is 0.300. The molecule has 0 aliphatic carbocycles. The lowest BCUT2D eigenvalue weighted by Gasteiger charge is -2.30. The number of nitrogens with one attached hydrogen (secondary N) is 2. The Balaban J connectivity index is 1.94. The van der Waals surface area contributed by atoms with Crippen LogP contribution in [0.2, 0.25) is 0 Å². The van der Waals surface area contributed by atoms with E-state index in [4.69, 9.17) is 0 Å². The van der Waals surface area contributed by atoms with Gasteiger partial charge in [-0.05, 0) is 42.6 Å². The summed E-state index contributed by atoms with van der Waals surface area (Å²) in [6.07, 6.45) is 3.93. The smallest absolute Gasteiger partial charge is 0.238 e. The summed E-state index contributed by atoms with van der Waals surface area (Å²) in [5.74, 6) is -0.631. The molecule has 129 valence electrons. The first-order chi connectivity index (χ1) is 12.1. The molecule has 3 rings (SSSR count). The van der Waals surface area contributed by atoms with Gasteiger partial charge >= 0.3 is 0 Å². The van der Waals surface area contributed by atoms with Crippen molar-refractivity contribution in [2.24, 2.45) is 0 Å². The molecule has 0 bridgehead atoms. The average molecular weight is 339 g/mol. The lowest BCUT2D eigenvalue weighted by Crippen LogP contribution is -2.53. The number of amides is 1. The highest BCUT2D eigenvalue weighted by Gasteiger charge is 2.37. The van der Waals surface area contributed by atoms with Gasteiger partial charge in [0.05, 0.1) is 6.04 Å². The molecule has 1 amide bonds. The fourth-order valence-corrected chi connectivity index (χ4v) is 3.18. The van der Waals surface area contributed by atoms with Crippen LogP contribution < -0.4 is 10.6 Å². The van der Waals surface area contributed by atoms with Gasteiger partial charge in [0, 0.05) is 6.42 Å². The Morgan fingerprint density at radius 1 is 1.20 bits per heavy atom. The summed E-state index contributed by atoms with van der Waals surface area (Å²) < 4.78 is 13.3. The number of benzene rings is 2. The van der Waals surface area contributed by atoms with Gasteiger partial charge in [0.15, 0.2) is 0 Å². The van der Waals surface area contributed by atoms with Crippen molar-refractivity contribution in [3.05, 3.63) is 71.5 Å². The third-order valence-corrected chi connectivity index (χ3v) is 4.54. The molecule has 1 aliphatic heterocycles. The molecule has 0 spiro atoms. The van der Waals surface area contributed by atoms with Gasteiger partial charge in [-0.25, -0.2) is 4.39 Å². The van der Waals surface area contributed by atoms with E-state index in [1.54, 1.807) is 0 Å². The molecule has 5 heteroatoms. The maximum atomic E-state index is 13.3. The topological polar surface area (TPSA) is 58.2 Å². The first-order valence-electron chi connectivity index (χ1n) is 8.38. The zero-order chi connectivity index (χ0) is 17.7. The van der Waals surface area contributed by atoms with Crippen LogP contribution in [0.1, 0.15) is 24.0 Å². The Morgan fingerprint density at radius 3 is 2.52 bits per heavy atom. The predicted molar refractivity (Wildman–Crippen MR) is 93.1 cm³/mol. The van der Waals surface area contributed by atoms with Crippen LogP contribution >= 0.6 is 0 Å². The largest absolute Gasteiger partial charge is 0.338 e. The Labute approximate surface area is 146 Å². The van der Waals surface area contributed by atoms with Crippen molar-refractivity contribution in [2.75, 3.05) is 6.54 Å². The van der Waals surface area contributed by atoms with Crippen LogP contribution in [-0.4, -0.2) is 24.8 Å². The average Bonchev–Trinajstić information content (AvgIpc) is 3.17. The van der Waals surface area contributed by atoms with E-state index >= 15 is 0 Å². The van der Waals surface area contributed by atoms with Gasteiger partial charge in [-0.1, -0.05) is 42.5 Å². The molecule has 1 aliphatic rings. The van der Waals surface area contributed by atoms with Gasteiger partial charge in [-0.15, -0.1) is 0 Å². The van der Waals surface area contributed by atoms with E-state index in [-0.39, 0.29) is 18.4 Å². The summed E-state index contributed by atoms with van der Waals surface area (Å²) in [7, 11) is 0. The van der Waals surface area contributed by atoms with Gasteiger partial charge in [-0.3, -0.25) is 9.59 Å². The third kappa shape index (κ3) is 3.94. The molecule has 1 heterocycles. The highest BCUT2D eigenvalue weighted by molar-refractivity contribution is 5.87. The van der Waals surface area contributed by atoms with Crippen LogP contribution in [-0.2, 0) is 21.5 Å². The summed E-state index contributed by atoms with van der Waals surface area (Å²) in [5, 5.41) is 5.98. The van der Waals surface area contributed by atoms with E-state index in [9.17, 15) is 14.0 Å². The first-order valence-corrected chi connectivity index (χ1v) is 8.38. The van der Waals surface area contributed by atoms with E-state index in [0.717, 1.165) is 24.9 Å². The summed E-state index contributed by atoms with van der Waals surface area (Å²) in [6, 6.07) is 14.7. The molecule has 0 unspecified atom stereocenters. The highest BCUT2D eigenvalue weighted by Crippen LogP contribution is 2.25. The monoisotopic (exact) mass is 339 g/mol. The van der Waals surface area contributed by atoms with Gasteiger partial charge in [-0.2, -0.15) is 0 Å². The van der Waals surface area contributed by atoms with Crippen molar-refractivity contribution in [2.45, 2.75) is 30.8 Å². The maximum absolute atomic E-state index is 13.3. The second-order valence-electron chi connectivity index (χ2n) is 6.31. The van der Waals surface area contributed by atoms with Crippen LogP contribution in [0.3, 0.4) is 0 Å².